The summed E-state index contributed by atoms with van der Waals surface area (Å²) < 4.78 is 28.0. The maximum Gasteiger partial charge on any atom is 0.343 e. The van der Waals surface area contributed by atoms with Crippen molar-refractivity contribution in [3.63, 3.8) is 0 Å². The molecule has 0 radical (unpaired) electrons. The molecule has 0 fully saturated rings. The van der Waals surface area contributed by atoms with E-state index in [2.05, 4.69) is 5.32 Å². The highest BCUT2D eigenvalue weighted by Gasteiger charge is 2.23. The second-order valence-corrected chi connectivity index (χ2v) is 5.01. The minimum Gasteiger partial charge on any atom is -0.493 e. The SMILES string of the molecule is COc1ccc(C=O)c(C(=O)OCC(=O)Nc2ccc(F)cc2)c1OC. The average molecular weight is 361 g/mol. The Kier molecular flexibility index (Phi) is 6.26. The van der Waals surface area contributed by atoms with Gasteiger partial charge in [-0.2, -0.15) is 0 Å². The number of rotatable bonds is 7. The number of halogens is 1. The predicted octanol–water partition coefficient (Wildman–Crippen LogP) is 2.45. The first-order chi connectivity index (χ1) is 12.5. The summed E-state index contributed by atoms with van der Waals surface area (Å²) in [5.74, 6) is -1.72. The fourth-order valence-electron chi connectivity index (χ4n) is 2.18. The number of hydrogen-bond acceptors (Lipinski definition) is 6. The van der Waals surface area contributed by atoms with Crippen molar-refractivity contribution in [1.29, 1.82) is 0 Å². The second kappa shape index (κ2) is 8.61. The first-order valence-electron chi connectivity index (χ1n) is 7.42. The number of anilines is 1. The zero-order valence-corrected chi connectivity index (χ0v) is 14.1. The molecule has 0 aliphatic carbocycles. The van der Waals surface area contributed by atoms with Crippen molar-refractivity contribution in [2.45, 2.75) is 0 Å². The zero-order chi connectivity index (χ0) is 19.1. The summed E-state index contributed by atoms with van der Waals surface area (Å²) in [6, 6.07) is 7.94. The Morgan fingerprint density at radius 2 is 1.77 bits per heavy atom. The number of esters is 1. The predicted molar refractivity (Wildman–Crippen MR) is 90.2 cm³/mol. The van der Waals surface area contributed by atoms with Crippen LogP contribution < -0.4 is 14.8 Å². The summed E-state index contributed by atoms with van der Waals surface area (Å²) in [4.78, 5) is 35.4. The number of aldehydes is 1. The quantitative estimate of drug-likeness (QED) is 0.602. The van der Waals surface area contributed by atoms with Gasteiger partial charge in [-0.3, -0.25) is 9.59 Å². The van der Waals surface area contributed by atoms with Crippen LogP contribution in [0.4, 0.5) is 10.1 Å². The van der Waals surface area contributed by atoms with E-state index in [9.17, 15) is 18.8 Å². The smallest absolute Gasteiger partial charge is 0.343 e. The van der Waals surface area contributed by atoms with Crippen molar-refractivity contribution < 1.29 is 33.0 Å². The molecule has 0 saturated carbocycles. The molecule has 0 aliphatic rings. The third-order valence-corrected chi connectivity index (χ3v) is 3.37. The molecule has 2 rings (SSSR count). The Labute approximate surface area is 148 Å². The zero-order valence-electron chi connectivity index (χ0n) is 14.1. The maximum absolute atomic E-state index is 12.8. The molecule has 0 aromatic heterocycles. The van der Waals surface area contributed by atoms with E-state index >= 15 is 0 Å². The van der Waals surface area contributed by atoms with Crippen LogP contribution >= 0.6 is 0 Å². The molecule has 2 aromatic rings. The number of amides is 1. The Morgan fingerprint density at radius 1 is 1.08 bits per heavy atom. The fraction of sp³-hybridized carbons (Fsp3) is 0.167. The minimum absolute atomic E-state index is 0.0287. The van der Waals surface area contributed by atoms with Crippen molar-refractivity contribution in [3.05, 3.63) is 53.3 Å². The van der Waals surface area contributed by atoms with Crippen molar-refractivity contribution in [3.8, 4) is 11.5 Å². The van der Waals surface area contributed by atoms with Crippen LogP contribution in [0, 0.1) is 5.82 Å². The van der Waals surface area contributed by atoms with Crippen LogP contribution in [-0.2, 0) is 9.53 Å². The average Bonchev–Trinajstić information content (AvgIpc) is 2.66. The molecule has 0 aliphatic heterocycles. The van der Waals surface area contributed by atoms with Gasteiger partial charge in [0.2, 0.25) is 0 Å². The molecule has 7 nitrogen and oxygen atoms in total. The number of carbonyl (C=O) groups excluding carboxylic acids is 3. The van der Waals surface area contributed by atoms with E-state index in [-0.39, 0.29) is 22.6 Å². The summed E-state index contributed by atoms with van der Waals surface area (Å²) in [5.41, 5.74) is 0.239. The van der Waals surface area contributed by atoms with Gasteiger partial charge in [-0.05, 0) is 36.4 Å². The topological polar surface area (TPSA) is 90.9 Å². The number of ether oxygens (including phenoxy) is 3. The van der Waals surface area contributed by atoms with E-state index in [1.54, 1.807) is 0 Å². The molecule has 1 N–H and O–H groups in total. The molecule has 26 heavy (non-hydrogen) atoms. The Bertz CT molecular complexity index is 819. The van der Waals surface area contributed by atoms with Crippen LogP contribution in [0.15, 0.2) is 36.4 Å². The second-order valence-electron chi connectivity index (χ2n) is 5.01. The summed E-state index contributed by atoms with van der Waals surface area (Å²) in [6.07, 6.45) is 0.469. The third-order valence-electron chi connectivity index (χ3n) is 3.37. The molecule has 0 bridgehead atoms. The fourth-order valence-corrected chi connectivity index (χ4v) is 2.18. The van der Waals surface area contributed by atoms with Gasteiger partial charge in [0.1, 0.15) is 11.4 Å². The highest BCUT2D eigenvalue weighted by molar-refractivity contribution is 6.03. The van der Waals surface area contributed by atoms with Crippen LogP contribution in [0.25, 0.3) is 0 Å². The highest BCUT2D eigenvalue weighted by Crippen LogP contribution is 2.33. The van der Waals surface area contributed by atoms with Gasteiger partial charge in [0.15, 0.2) is 24.4 Å². The maximum atomic E-state index is 12.8. The van der Waals surface area contributed by atoms with E-state index in [1.807, 2.05) is 0 Å². The van der Waals surface area contributed by atoms with Gasteiger partial charge in [-0.15, -0.1) is 0 Å². The number of carbonyl (C=O) groups is 3. The van der Waals surface area contributed by atoms with Crippen LogP contribution in [0.1, 0.15) is 20.7 Å². The lowest BCUT2D eigenvalue weighted by molar-refractivity contribution is -0.119. The number of nitrogens with one attached hydrogen (secondary N) is 1. The van der Waals surface area contributed by atoms with Crippen molar-refractivity contribution in [2.24, 2.45) is 0 Å². The van der Waals surface area contributed by atoms with Gasteiger partial charge in [0.25, 0.3) is 5.91 Å². The van der Waals surface area contributed by atoms with Crippen molar-refractivity contribution in [2.75, 3.05) is 26.1 Å². The summed E-state index contributed by atoms with van der Waals surface area (Å²) in [5, 5.41) is 2.45. The Balaban J connectivity index is 2.10. The molecule has 1 amide bonds. The molecule has 136 valence electrons. The molecule has 0 unspecified atom stereocenters. The molecule has 8 heteroatoms. The normalized spacial score (nSPS) is 9.96. The highest BCUT2D eigenvalue weighted by atomic mass is 19.1. The summed E-state index contributed by atoms with van der Waals surface area (Å²) in [6.45, 7) is -0.602. The van der Waals surface area contributed by atoms with Crippen LogP contribution in [0.3, 0.4) is 0 Å². The van der Waals surface area contributed by atoms with E-state index in [0.717, 1.165) is 0 Å². The van der Waals surface area contributed by atoms with Crippen molar-refractivity contribution >= 4 is 23.9 Å². The lowest BCUT2D eigenvalue weighted by Gasteiger charge is -2.14. The monoisotopic (exact) mass is 361 g/mol. The molecule has 2 aromatic carbocycles. The molecule has 0 heterocycles. The van der Waals surface area contributed by atoms with E-state index in [1.165, 1.54) is 50.6 Å². The number of methoxy groups -OCH3 is 2. The number of hydrogen-bond donors (Lipinski definition) is 1. The number of benzene rings is 2. The van der Waals surface area contributed by atoms with Gasteiger partial charge in [-0.25, -0.2) is 9.18 Å². The van der Waals surface area contributed by atoms with Gasteiger partial charge < -0.3 is 19.5 Å². The summed E-state index contributed by atoms with van der Waals surface area (Å²) in [7, 11) is 2.69. The largest absolute Gasteiger partial charge is 0.493 e. The minimum atomic E-state index is -0.919. The van der Waals surface area contributed by atoms with Crippen LogP contribution in [0.2, 0.25) is 0 Å². The van der Waals surface area contributed by atoms with Gasteiger partial charge in [-0.1, -0.05) is 0 Å². The molecular formula is C18H16FNO6. The third kappa shape index (κ3) is 4.35. The van der Waals surface area contributed by atoms with Crippen molar-refractivity contribution in [1.82, 2.24) is 0 Å². The molecule has 0 atom stereocenters. The lowest BCUT2D eigenvalue weighted by Crippen LogP contribution is -2.21. The lowest BCUT2D eigenvalue weighted by atomic mass is 10.1. The summed E-state index contributed by atoms with van der Waals surface area (Å²) >= 11 is 0. The van der Waals surface area contributed by atoms with E-state index in [0.29, 0.717) is 12.0 Å². The molecule has 0 spiro atoms. The van der Waals surface area contributed by atoms with E-state index in [4.69, 9.17) is 14.2 Å². The van der Waals surface area contributed by atoms with Gasteiger partial charge >= 0.3 is 5.97 Å². The standard InChI is InChI=1S/C18H16FNO6/c1-24-14-8-3-11(9-21)16(17(14)25-2)18(23)26-10-15(22)20-13-6-4-12(19)5-7-13/h3-9H,10H2,1-2H3,(H,20,22). The van der Waals surface area contributed by atoms with E-state index < -0.39 is 24.3 Å². The van der Waals surface area contributed by atoms with Crippen LogP contribution in [0.5, 0.6) is 11.5 Å². The first kappa shape index (κ1) is 18.9. The Morgan fingerprint density at radius 3 is 2.35 bits per heavy atom. The van der Waals surface area contributed by atoms with Gasteiger partial charge in [0.05, 0.1) is 14.2 Å². The molecular weight excluding hydrogens is 345 g/mol. The first-order valence-corrected chi connectivity index (χ1v) is 7.42. The van der Waals surface area contributed by atoms with Crippen LogP contribution in [-0.4, -0.2) is 39.0 Å². The Hall–Kier alpha value is -3.42. The molecule has 0 saturated heterocycles. The van der Waals surface area contributed by atoms with Gasteiger partial charge in [0, 0.05) is 11.3 Å².